The van der Waals surface area contributed by atoms with Gasteiger partial charge < -0.3 is 19.8 Å². The second-order valence-electron chi connectivity index (χ2n) is 16.4. The number of nitrogens with zero attached hydrogens (tertiary/aromatic N) is 1. The maximum atomic E-state index is 12.9. The molecule has 0 radical (unpaired) electrons. The highest BCUT2D eigenvalue weighted by Gasteiger charge is 2.27. The van der Waals surface area contributed by atoms with Crippen LogP contribution in [0.3, 0.4) is 0 Å². The number of unbranched alkanes of at least 4 members (excludes halogenated alkanes) is 23. The fourth-order valence-corrected chi connectivity index (χ4v) is 6.98. The van der Waals surface area contributed by atoms with E-state index < -0.39 is 20.0 Å². The van der Waals surface area contributed by atoms with Crippen LogP contribution in [0.5, 0.6) is 0 Å². The number of quaternary nitrogens is 1. The van der Waals surface area contributed by atoms with Gasteiger partial charge in [0.25, 0.3) is 0 Å². The van der Waals surface area contributed by atoms with E-state index in [2.05, 4.69) is 43.5 Å². The summed E-state index contributed by atoms with van der Waals surface area (Å²) in [6.07, 6.45) is 45.0. The average molecular weight is 784 g/mol. The summed E-state index contributed by atoms with van der Waals surface area (Å²) in [7, 11) is 1.55. The predicted octanol–water partition coefficient (Wildman–Crippen LogP) is 12.3. The zero-order valence-corrected chi connectivity index (χ0v) is 36.9. The Kier molecular flexibility index (Phi) is 36.4. The molecule has 0 aliphatic rings. The Bertz CT molecular complexity index is 980. The molecule has 0 aromatic heterocycles. The maximum absolute atomic E-state index is 12.9. The Morgan fingerprint density at radius 2 is 1.02 bits per heavy atom. The van der Waals surface area contributed by atoms with Crippen LogP contribution in [0.15, 0.2) is 36.5 Å². The van der Waals surface area contributed by atoms with Gasteiger partial charge in [-0.3, -0.25) is 13.8 Å². The van der Waals surface area contributed by atoms with Gasteiger partial charge in [0.15, 0.2) is 0 Å². The molecule has 0 saturated heterocycles. The van der Waals surface area contributed by atoms with Crippen LogP contribution in [0.1, 0.15) is 194 Å². The number of carbonyl (C=O) groups excluding carboxylic acids is 1. The molecule has 0 aromatic carbocycles. The summed E-state index contributed by atoms with van der Waals surface area (Å²) in [5.74, 6) is -0.191. The number of phosphoric acid groups is 1. The molecule has 0 aliphatic heterocycles. The molecular weight excluding hydrogens is 695 g/mol. The Hall–Kier alpha value is -1.28. The number of phosphoric ester groups is 1. The van der Waals surface area contributed by atoms with E-state index >= 15 is 0 Å². The molecule has 1 amide bonds. The molecule has 9 heteroatoms. The van der Waals surface area contributed by atoms with Crippen molar-refractivity contribution in [3.8, 4) is 0 Å². The first kappa shape index (κ1) is 52.7. The van der Waals surface area contributed by atoms with Crippen LogP contribution in [0.25, 0.3) is 0 Å². The highest BCUT2D eigenvalue weighted by molar-refractivity contribution is 7.47. The van der Waals surface area contributed by atoms with Crippen LogP contribution in [-0.4, -0.2) is 73.4 Å². The summed E-state index contributed by atoms with van der Waals surface area (Å²) >= 11 is 0. The lowest BCUT2D eigenvalue weighted by Crippen LogP contribution is -2.45. The molecular formula is C45H88N2O6P+. The van der Waals surface area contributed by atoms with Gasteiger partial charge in [-0.15, -0.1) is 0 Å². The first-order chi connectivity index (χ1) is 26.0. The molecule has 54 heavy (non-hydrogen) atoms. The first-order valence-electron chi connectivity index (χ1n) is 22.4. The summed E-state index contributed by atoms with van der Waals surface area (Å²) in [6.45, 7) is 4.78. The van der Waals surface area contributed by atoms with Crippen molar-refractivity contribution in [3.05, 3.63) is 36.5 Å². The fourth-order valence-electron chi connectivity index (χ4n) is 6.25. The van der Waals surface area contributed by atoms with E-state index in [1.807, 2.05) is 27.2 Å². The highest BCUT2D eigenvalue weighted by Crippen LogP contribution is 2.43. The molecule has 0 heterocycles. The standard InChI is InChI=1S/C45H87N2O6P/c1-6-8-10-12-14-16-18-20-22-23-25-26-28-30-32-34-36-38-44(48)43(42-53-54(50,51)52-41-40-47(3,4)5)46-45(49)39-37-35-33-31-29-27-24-21-19-17-15-13-11-9-7-2/h22-23,28,30,36,38,43-44,48H,6-21,24-27,29,31-35,37,39-42H2,1-5H3,(H-,46,49,50,51)/p+1/b23-22+,30-28+,38-36+. The van der Waals surface area contributed by atoms with Crippen LogP contribution < -0.4 is 5.32 Å². The number of amides is 1. The number of hydrogen-bond donors (Lipinski definition) is 3. The molecule has 0 bridgehead atoms. The number of likely N-dealkylation sites (N-methyl/N-ethyl adjacent to an activating group) is 1. The second kappa shape index (κ2) is 37.3. The van der Waals surface area contributed by atoms with E-state index in [9.17, 15) is 19.4 Å². The number of hydrogen-bond acceptors (Lipinski definition) is 5. The first-order valence-corrected chi connectivity index (χ1v) is 23.9. The van der Waals surface area contributed by atoms with Gasteiger partial charge in [-0.1, -0.05) is 179 Å². The van der Waals surface area contributed by atoms with Crippen molar-refractivity contribution in [2.75, 3.05) is 40.9 Å². The predicted molar refractivity (Wildman–Crippen MR) is 231 cm³/mol. The van der Waals surface area contributed by atoms with Gasteiger partial charge in [0, 0.05) is 6.42 Å². The second-order valence-corrected chi connectivity index (χ2v) is 17.9. The quantitative estimate of drug-likeness (QED) is 0.0247. The zero-order chi connectivity index (χ0) is 40.0. The van der Waals surface area contributed by atoms with E-state index in [4.69, 9.17) is 9.05 Å². The molecule has 318 valence electrons. The van der Waals surface area contributed by atoms with Crippen LogP contribution >= 0.6 is 7.82 Å². The lowest BCUT2D eigenvalue weighted by molar-refractivity contribution is -0.870. The van der Waals surface area contributed by atoms with E-state index in [0.717, 1.165) is 44.9 Å². The Balaban J connectivity index is 4.50. The number of aliphatic hydroxyl groups is 1. The van der Waals surface area contributed by atoms with Crippen LogP contribution in [0.4, 0.5) is 0 Å². The third kappa shape index (κ3) is 39.0. The highest BCUT2D eigenvalue weighted by atomic mass is 31.2. The topological polar surface area (TPSA) is 105 Å². The fraction of sp³-hybridized carbons (Fsp3) is 0.844. The molecule has 0 saturated carbocycles. The minimum absolute atomic E-state index is 0.0546. The molecule has 0 rings (SSSR count). The Morgan fingerprint density at radius 1 is 0.611 bits per heavy atom. The summed E-state index contributed by atoms with van der Waals surface area (Å²) in [5, 5.41) is 13.8. The number of carbonyl (C=O) groups is 1. The summed E-state index contributed by atoms with van der Waals surface area (Å²) in [5.41, 5.74) is 0. The summed E-state index contributed by atoms with van der Waals surface area (Å²) < 4.78 is 23.5. The van der Waals surface area contributed by atoms with Gasteiger partial charge >= 0.3 is 7.82 Å². The summed E-state index contributed by atoms with van der Waals surface area (Å²) in [6, 6.07) is -0.865. The molecule has 3 N–H and O–H groups in total. The molecule has 0 spiro atoms. The molecule has 3 atom stereocenters. The minimum Gasteiger partial charge on any atom is -0.387 e. The van der Waals surface area contributed by atoms with Crippen molar-refractivity contribution in [1.29, 1.82) is 0 Å². The van der Waals surface area contributed by atoms with E-state index in [0.29, 0.717) is 17.4 Å². The zero-order valence-electron chi connectivity index (χ0n) is 36.0. The van der Waals surface area contributed by atoms with Crippen LogP contribution in [0, 0.1) is 0 Å². The minimum atomic E-state index is -4.34. The maximum Gasteiger partial charge on any atom is 0.472 e. The molecule has 0 fully saturated rings. The lowest BCUT2D eigenvalue weighted by Gasteiger charge is -2.25. The van der Waals surface area contributed by atoms with Crippen molar-refractivity contribution in [2.45, 2.75) is 206 Å². The number of allylic oxidation sites excluding steroid dienone is 5. The smallest absolute Gasteiger partial charge is 0.387 e. The normalized spacial score (nSPS) is 14.7. The number of nitrogens with one attached hydrogen (secondary N) is 1. The third-order valence-electron chi connectivity index (χ3n) is 9.84. The SMILES string of the molecule is CCCCCCCCC/C=C/CC/C=C/CC/C=C/C(O)C(COP(=O)(O)OCC[N+](C)(C)C)NC(=O)CCCCCCCCCCCCCCCCC. The van der Waals surface area contributed by atoms with Crippen molar-refractivity contribution in [3.63, 3.8) is 0 Å². The van der Waals surface area contributed by atoms with Crippen molar-refractivity contribution in [1.82, 2.24) is 5.32 Å². The van der Waals surface area contributed by atoms with Crippen molar-refractivity contribution in [2.24, 2.45) is 0 Å². The molecule has 3 unspecified atom stereocenters. The van der Waals surface area contributed by atoms with Gasteiger partial charge in [-0.2, -0.15) is 0 Å². The number of rotatable bonds is 40. The van der Waals surface area contributed by atoms with Crippen LogP contribution in [0.2, 0.25) is 0 Å². The Morgan fingerprint density at radius 3 is 1.48 bits per heavy atom. The van der Waals surface area contributed by atoms with Gasteiger partial charge in [0.2, 0.25) is 5.91 Å². The van der Waals surface area contributed by atoms with Crippen molar-refractivity contribution >= 4 is 13.7 Å². The third-order valence-corrected chi connectivity index (χ3v) is 10.8. The van der Waals surface area contributed by atoms with Gasteiger partial charge in [0.05, 0.1) is 39.9 Å². The summed E-state index contributed by atoms with van der Waals surface area (Å²) in [4.78, 5) is 23.1. The van der Waals surface area contributed by atoms with E-state index in [1.54, 1.807) is 6.08 Å². The van der Waals surface area contributed by atoms with Gasteiger partial charge in [-0.25, -0.2) is 4.57 Å². The largest absolute Gasteiger partial charge is 0.472 e. The van der Waals surface area contributed by atoms with Crippen molar-refractivity contribution < 1.29 is 32.9 Å². The van der Waals surface area contributed by atoms with E-state index in [1.165, 1.54) is 128 Å². The molecule has 8 nitrogen and oxygen atoms in total. The van der Waals surface area contributed by atoms with Gasteiger partial charge in [-0.05, 0) is 44.9 Å². The average Bonchev–Trinajstić information content (AvgIpc) is 3.12. The van der Waals surface area contributed by atoms with E-state index in [-0.39, 0.29) is 19.1 Å². The van der Waals surface area contributed by atoms with Crippen LogP contribution in [-0.2, 0) is 18.4 Å². The monoisotopic (exact) mass is 784 g/mol. The molecule has 0 aromatic rings. The Labute approximate surface area is 334 Å². The van der Waals surface area contributed by atoms with Gasteiger partial charge in [0.1, 0.15) is 13.2 Å². The number of aliphatic hydroxyl groups excluding tert-OH is 1. The lowest BCUT2D eigenvalue weighted by atomic mass is 10.0. The molecule has 0 aliphatic carbocycles.